The van der Waals surface area contributed by atoms with Gasteiger partial charge >= 0.3 is 0 Å². The van der Waals surface area contributed by atoms with E-state index in [-0.39, 0.29) is 30.4 Å². The molecule has 3 aromatic rings. The summed E-state index contributed by atoms with van der Waals surface area (Å²) in [5.41, 5.74) is 7.69. The van der Waals surface area contributed by atoms with Crippen LogP contribution in [0.3, 0.4) is 0 Å². The minimum Gasteiger partial charge on any atom is -0.299 e. The summed E-state index contributed by atoms with van der Waals surface area (Å²) >= 11 is 0. The monoisotopic (exact) mass is 586 g/mol. The molecular formula is C35H40Cl2N4. The van der Waals surface area contributed by atoms with Gasteiger partial charge in [0, 0.05) is 19.6 Å². The van der Waals surface area contributed by atoms with Crippen LogP contribution in [-0.2, 0) is 26.1 Å². The van der Waals surface area contributed by atoms with Gasteiger partial charge < -0.3 is 0 Å². The van der Waals surface area contributed by atoms with Gasteiger partial charge in [0.1, 0.15) is 17.7 Å². The Kier molecular flexibility index (Phi) is 12.9. The maximum absolute atomic E-state index is 9.81. The van der Waals surface area contributed by atoms with Crippen LogP contribution in [0.4, 0.5) is 0 Å². The molecule has 0 N–H and O–H groups in total. The Balaban J connectivity index is 0.00000231. The van der Waals surface area contributed by atoms with Crippen LogP contribution < -0.4 is 0 Å². The summed E-state index contributed by atoms with van der Waals surface area (Å²) in [6.45, 7) is 6.15. The highest BCUT2D eigenvalue weighted by atomic mass is 35.5. The van der Waals surface area contributed by atoms with E-state index < -0.39 is 0 Å². The SMILES string of the molecule is Cl.Cl.N#CC(C#N)=C(CCC1CCN(Cc2ccccc2)CC1)c1ccc2c(c1)CN(Cc1ccccc1)CCC2. The number of rotatable bonds is 8. The van der Waals surface area contributed by atoms with Crippen molar-refractivity contribution in [1.29, 1.82) is 10.5 Å². The van der Waals surface area contributed by atoms with E-state index in [0.29, 0.717) is 5.92 Å². The molecule has 2 aliphatic heterocycles. The Labute approximate surface area is 258 Å². The number of hydrogen-bond acceptors (Lipinski definition) is 4. The highest BCUT2D eigenvalue weighted by Crippen LogP contribution is 2.32. The number of benzene rings is 3. The van der Waals surface area contributed by atoms with Crippen LogP contribution in [0.1, 0.15) is 59.9 Å². The van der Waals surface area contributed by atoms with E-state index in [1.54, 1.807) is 0 Å². The third-order valence-electron chi connectivity index (χ3n) is 8.40. The number of aryl methyl sites for hydroxylation is 1. The zero-order valence-electron chi connectivity index (χ0n) is 23.7. The van der Waals surface area contributed by atoms with E-state index in [0.717, 1.165) is 76.1 Å². The molecule has 0 aliphatic carbocycles. The standard InChI is InChI=1S/C35H38N4.2ClH/c36-23-34(24-37)35(16-13-28-17-20-38(21-18-28)25-29-8-3-1-4-9-29)32-15-14-31-12-7-19-39(27-33(31)22-32)26-30-10-5-2-6-11-30;;/h1-6,8-11,14-15,22,28H,7,12-13,16-21,25-27H2;2*1H. The Morgan fingerprint density at radius 1 is 0.732 bits per heavy atom. The maximum Gasteiger partial charge on any atom is 0.133 e. The Morgan fingerprint density at radius 2 is 1.34 bits per heavy atom. The van der Waals surface area contributed by atoms with Crippen LogP contribution in [0.5, 0.6) is 0 Å². The molecule has 2 heterocycles. The van der Waals surface area contributed by atoms with Crippen molar-refractivity contribution in [2.24, 2.45) is 5.92 Å². The van der Waals surface area contributed by atoms with Gasteiger partial charge in [-0.2, -0.15) is 10.5 Å². The maximum atomic E-state index is 9.81. The van der Waals surface area contributed by atoms with Crippen molar-refractivity contribution in [2.75, 3.05) is 19.6 Å². The van der Waals surface area contributed by atoms with Gasteiger partial charge in [0.05, 0.1) is 0 Å². The summed E-state index contributed by atoms with van der Waals surface area (Å²) < 4.78 is 0. The summed E-state index contributed by atoms with van der Waals surface area (Å²) in [5.74, 6) is 0.632. The predicted molar refractivity (Wildman–Crippen MR) is 172 cm³/mol. The molecule has 6 heteroatoms. The first kappa shape index (κ1) is 32.4. The first-order valence-corrected chi connectivity index (χ1v) is 14.4. The topological polar surface area (TPSA) is 54.1 Å². The molecule has 0 amide bonds. The molecule has 2 aliphatic rings. The highest BCUT2D eigenvalue weighted by Gasteiger charge is 2.22. The van der Waals surface area contributed by atoms with Gasteiger partial charge in [0.2, 0.25) is 0 Å². The lowest BCUT2D eigenvalue weighted by Crippen LogP contribution is -2.33. The van der Waals surface area contributed by atoms with Crippen LogP contribution in [0.2, 0.25) is 0 Å². The van der Waals surface area contributed by atoms with Crippen molar-refractivity contribution in [3.63, 3.8) is 0 Å². The molecule has 0 spiro atoms. The van der Waals surface area contributed by atoms with Crippen molar-refractivity contribution in [2.45, 2.75) is 58.2 Å². The van der Waals surface area contributed by atoms with Crippen molar-refractivity contribution in [1.82, 2.24) is 9.80 Å². The summed E-state index contributed by atoms with van der Waals surface area (Å²) in [6, 6.07) is 32.4. The summed E-state index contributed by atoms with van der Waals surface area (Å²) in [6.07, 6.45) is 6.38. The van der Waals surface area contributed by atoms with Gasteiger partial charge in [-0.1, -0.05) is 72.8 Å². The zero-order valence-corrected chi connectivity index (χ0v) is 25.3. The van der Waals surface area contributed by atoms with Gasteiger partial charge in [-0.3, -0.25) is 9.80 Å². The number of fused-ring (bicyclic) bond motifs is 1. The molecule has 1 fully saturated rings. The summed E-state index contributed by atoms with van der Waals surface area (Å²) in [7, 11) is 0. The molecule has 0 saturated carbocycles. The summed E-state index contributed by atoms with van der Waals surface area (Å²) in [5, 5.41) is 19.6. The van der Waals surface area contributed by atoms with Crippen LogP contribution >= 0.6 is 24.8 Å². The van der Waals surface area contributed by atoms with E-state index in [9.17, 15) is 10.5 Å². The Morgan fingerprint density at radius 3 is 1.95 bits per heavy atom. The molecular weight excluding hydrogens is 547 g/mol. The minimum atomic E-state index is 0. The number of halogens is 2. The number of hydrogen-bond donors (Lipinski definition) is 0. The van der Waals surface area contributed by atoms with Crippen molar-refractivity contribution in [3.05, 3.63) is 112 Å². The summed E-state index contributed by atoms with van der Waals surface area (Å²) in [4.78, 5) is 5.07. The fourth-order valence-corrected chi connectivity index (χ4v) is 6.19. The molecule has 214 valence electrons. The van der Waals surface area contributed by atoms with Crippen molar-refractivity contribution in [3.8, 4) is 12.1 Å². The fraction of sp³-hybridized carbons (Fsp3) is 0.371. The van der Waals surface area contributed by atoms with Crippen LogP contribution in [0.25, 0.3) is 5.57 Å². The molecule has 0 aromatic heterocycles. The van der Waals surface area contributed by atoms with Gasteiger partial charge in [0.25, 0.3) is 0 Å². The third kappa shape index (κ3) is 8.93. The zero-order chi connectivity index (χ0) is 26.9. The largest absolute Gasteiger partial charge is 0.299 e. The van der Waals surface area contributed by atoms with Crippen molar-refractivity contribution < 1.29 is 0 Å². The first-order chi connectivity index (χ1) is 19.2. The van der Waals surface area contributed by atoms with Crippen LogP contribution in [-0.4, -0.2) is 29.4 Å². The van der Waals surface area contributed by atoms with Crippen LogP contribution in [0.15, 0.2) is 84.4 Å². The lowest BCUT2D eigenvalue weighted by molar-refractivity contribution is 0.173. The number of allylic oxidation sites excluding steroid dienone is 2. The quantitative estimate of drug-likeness (QED) is 0.251. The molecule has 3 aromatic carbocycles. The Hall–Kier alpha value is -3.12. The molecule has 0 bridgehead atoms. The molecule has 0 atom stereocenters. The smallest absolute Gasteiger partial charge is 0.133 e. The predicted octanol–water partition coefficient (Wildman–Crippen LogP) is 7.97. The number of likely N-dealkylation sites (tertiary alicyclic amines) is 1. The normalized spacial score (nSPS) is 15.7. The fourth-order valence-electron chi connectivity index (χ4n) is 6.19. The van der Waals surface area contributed by atoms with Gasteiger partial charge in [-0.15, -0.1) is 24.8 Å². The molecule has 0 radical (unpaired) electrons. The van der Waals surface area contributed by atoms with Gasteiger partial charge in [-0.25, -0.2) is 0 Å². The molecule has 0 unspecified atom stereocenters. The van der Waals surface area contributed by atoms with E-state index in [4.69, 9.17) is 0 Å². The molecule has 1 saturated heterocycles. The minimum absolute atomic E-state index is 0. The second-order valence-electron chi connectivity index (χ2n) is 11.1. The van der Waals surface area contributed by atoms with E-state index >= 15 is 0 Å². The number of nitriles is 2. The second kappa shape index (κ2) is 16.4. The lowest BCUT2D eigenvalue weighted by Gasteiger charge is -2.32. The lowest BCUT2D eigenvalue weighted by atomic mass is 9.86. The molecule has 41 heavy (non-hydrogen) atoms. The average molecular weight is 588 g/mol. The Bertz CT molecular complexity index is 1330. The molecule has 5 rings (SSSR count). The molecule has 4 nitrogen and oxygen atoms in total. The third-order valence-corrected chi connectivity index (χ3v) is 8.40. The highest BCUT2D eigenvalue weighted by molar-refractivity contribution is 5.85. The number of piperidine rings is 1. The first-order valence-electron chi connectivity index (χ1n) is 14.4. The average Bonchev–Trinajstić information content (AvgIpc) is 3.18. The second-order valence-corrected chi connectivity index (χ2v) is 11.1. The number of nitrogens with zero attached hydrogens (tertiary/aromatic N) is 4. The van der Waals surface area contributed by atoms with Crippen molar-refractivity contribution >= 4 is 30.4 Å². The van der Waals surface area contributed by atoms with Gasteiger partial charge in [0.15, 0.2) is 0 Å². The van der Waals surface area contributed by atoms with E-state index in [1.165, 1.54) is 35.1 Å². The van der Waals surface area contributed by atoms with Gasteiger partial charge in [-0.05, 0) is 104 Å². The van der Waals surface area contributed by atoms with E-state index in [2.05, 4.69) is 101 Å². The van der Waals surface area contributed by atoms with E-state index in [1.807, 2.05) is 0 Å². The van der Waals surface area contributed by atoms with Crippen LogP contribution in [0, 0.1) is 28.6 Å².